The summed E-state index contributed by atoms with van der Waals surface area (Å²) < 4.78 is 0.553. The van der Waals surface area contributed by atoms with Crippen LogP contribution in [0.15, 0.2) is 18.2 Å². The monoisotopic (exact) mass is 383 g/mol. The van der Waals surface area contributed by atoms with E-state index in [0.717, 1.165) is 0 Å². The number of ketones is 1. The van der Waals surface area contributed by atoms with Crippen LogP contribution in [0.2, 0.25) is 0 Å². The van der Waals surface area contributed by atoms with Crippen LogP contribution in [0, 0.1) is 13.7 Å². The third-order valence-electron chi connectivity index (χ3n) is 1.79. The maximum atomic E-state index is 11.2. The molecule has 15 heavy (non-hydrogen) atoms. The lowest BCUT2D eigenvalue weighted by Crippen LogP contribution is -2.06. The van der Waals surface area contributed by atoms with Crippen molar-refractivity contribution in [2.45, 2.75) is 6.42 Å². The fraction of sp³-hybridized carbons (Fsp3) is 0.222. The van der Waals surface area contributed by atoms with Gasteiger partial charge in [0.15, 0.2) is 0 Å². The number of carbonyl (C=O) groups excluding carboxylic acids is 1. The summed E-state index contributed by atoms with van der Waals surface area (Å²) in [5.74, 6) is -0.0694. The van der Waals surface area contributed by atoms with Crippen LogP contribution >= 0.6 is 38.5 Å². The number of nitrogens with zero attached hydrogens (tertiary/aromatic N) is 1. The van der Waals surface area contributed by atoms with Gasteiger partial charge in [-0.3, -0.25) is 14.9 Å². The lowest BCUT2D eigenvalue weighted by Gasteiger charge is -2.02. The normalized spacial score (nSPS) is 10.0. The minimum absolute atomic E-state index is 0.0346. The van der Waals surface area contributed by atoms with Gasteiger partial charge in [-0.05, 0) is 28.7 Å². The summed E-state index contributed by atoms with van der Waals surface area (Å²) in [4.78, 5) is 21.5. The number of benzene rings is 1. The van der Waals surface area contributed by atoms with Crippen LogP contribution in [0.25, 0.3) is 0 Å². The zero-order chi connectivity index (χ0) is 11.4. The van der Waals surface area contributed by atoms with Gasteiger partial charge in [-0.2, -0.15) is 0 Å². The third kappa shape index (κ3) is 3.23. The minimum Gasteiger partial charge on any atom is -0.298 e. The second-order valence-electron chi connectivity index (χ2n) is 2.85. The first kappa shape index (κ1) is 12.6. The van der Waals surface area contributed by atoms with Crippen LogP contribution in [0.1, 0.15) is 5.56 Å². The maximum absolute atomic E-state index is 11.2. The predicted molar refractivity (Wildman–Crippen MR) is 68.3 cm³/mol. The van der Waals surface area contributed by atoms with Gasteiger partial charge in [0.05, 0.1) is 13.8 Å². The van der Waals surface area contributed by atoms with E-state index in [1.54, 1.807) is 18.2 Å². The SMILES string of the molecule is O=C(CBr)Cc1cccc(I)c1[N+](=O)[O-]. The second kappa shape index (κ2) is 5.55. The quantitative estimate of drug-likeness (QED) is 0.347. The Kier molecular flexibility index (Phi) is 4.65. The number of rotatable bonds is 4. The number of hydrogen-bond acceptors (Lipinski definition) is 3. The summed E-state index contributed by atoms with van der Waals surface area (Å²) in [5.41, 5.74) is 0.503. The molecule has 0 aromatic heterocycles. The van der Waals surface area contributed by atoms with Crippen molar-refractivity contribution >= 4 is 50.0 Å². The van der Waals surface area contributed by atoms with Gasteiger partial charge in [0.25, 0.3) is 5.69 Å². The van der Waals surface area contributed by atoms with E-state index in [-0.39, 0.29) is 23.2 Å². The van der Waals surface area contributed by atoms with Crippen molar-refractivity contribution in [3.8, 4) is 0 Å². The van der Waals surface area contributed by atoms with Gasteiger partial charge in [-0.1, -0.05) is 28.1 Å². The van der Waals surface area contributed by atoms with Gasteiger partial charge >= 0.3 is 0 Å². The molecule has 0 amide bonds. The van der Waals surface area contributed by atoms with Gasteiger partial charge < -0.3 is 0 Å². The molecule has 0 fully saturated rings. The van der Waals surface area contributed by atoms with Gasteiger partial charge in [0, 0.05) is 12.0 Å². The maximum Gasteiger partial charge on any atom is 0.286 e. The first-order valence-electron chi connectivity index (χ1n) is 4.05. The molecule has 0 aliphatic heterocycles. The zero-order valence-electron chi connectivity index (χ0n) is 7.57. The number of carbonyl (C=O) groups is 1. The van der Waals surface area contributed by atoms with Crippen LogP contribution in [0.5, 0.6) is 0 Å². The summed E-state index contributed by atoms with van der Waals surface area (Å²) in [7, 11) is 0. The van der Waals surface area contributed by atoms with Gasteiger partial charge in [-0.15, -0.1) is 0 Å². The number of Topliss-reactive ketones (excluding diaryl/α,β-unsaturated/α-hetero) is 1. The fourth-order valence-corrected chi connectivity index (χ4v) is 2.12. The van der Waals surface area contributed by atoms with Gasteiger partial charge in [0.1, 0.15) is 5.78 Å². The predicted octanol–water partition coefficient (Wildman–Crippen LogP) is 2.71. The van der Waals surface area contributed by atoms with Gasteiger partial charge in [0.2, 0.25) is 0 Å². The molecule has 0 atom stereocenters. The van der Waals surface area contributed by atoms with E-state index in [9.17, 15) is 14.9 Å². The number of para-hydroxylation sites is 1. The Balaban J connectivity index is 3.11. The molecule has 6 heteroatoms. The first-order valence-corrected chi connectivity index (χ1v) is 6.25. The lowest BCUT2D eigenvalue weighted by molar-refractivity contribution is -0.386. The Bertz CT molecular complexity index is 408. The van der Waals surface area contributed by atoms with E-state index in [4.69, 9.17) is 0 Å². The molecule has 0 spiro atoms. The lowest BCUT2D eigenvalue weighted by atomic mass is 10.1. The Morgan fingerprint density at radius 1 is 1.53 bits per heavy atom. The number of nitro benzene ring substituents is 1. The molecule has 0 unspecified atom stereocenters. The molecule has 1 rings (SSSR count). The Labute approximate surface area is 108 Å². The molecule has 0 saturated carbocycles. The molecule has 0 radical (unpaired) electrons. The molecule has 0 aliphatic carbocycles. The topological polar surface area (TPSA) is 60.2 Å². The molecule has 4 nitrogen and oxygen atoms in total. The molecule has 0 heterocycles. The van der Waals surface area contributed by atoms with Crippen molar-refractivity contribution in [2.75, 3.05) is 5.33 Å². The highest BCUT2D eigenvalue weighted by atomic mass is 127. The Morgan fingerprint density at radius 3 is 2.73 bits per heavy atom. The van der Waals surface area contributed by atoms with Crippen LogP contribution in [0.3, 0.4) is 0 Å². The molecular formula is C9H7BrINO3. The Morgan fingerprint density at radius 2 is 2.20 bits per heavy atom. The van der Waals surface area contributed by atoms with E-state index < -0.39 is 4.92 Å². The third-order valence-corrected chi connectivity index (χ3v) is 3.29. The van der Waals surface area contributed by atoms with Crippen molar-refractivity contribution in [2.24, 2.45) is 0 Å². The van der Waals surface area contributed by atoms with Crippen LogP contribution < -0.4 is 0 Å². The average molecular weight is 384 g/mol. The van der Waals surface area contributed by atoms with Crippen molar-refractivity contribution in [1.82, 2.24) is 0 Å². The number of halogens is 2. The number of alkyl halides is 1. The first-order chi connectivity index (χ1) is 7.06. The summed E-state index contributed by atoms with van der Waals surface area (Å²) in [5, 5.41) is 11.0. The molecule has 1 aromatic carbocycles. The highest BCUT2D eigenvalue weighted by molar-refractivity contribution is 14.1. The summed E-state index contributed by atoms with van der Waals surface area (Å²) in [6.45, 7) is 0. The van der Waals surface area contributed by atoms with Crippen molar-refractivity contribution in [3.63, 3.8) is 0 Å². The Hall–Kier alpha value is -0.500. The molecule has 80 valence electrons. The number of hydrogen-bond donors (Lipinski definition) is 0. The van der Waals surface area contributed by atoms with E-state index in [1.165, 1.54) is 0 Å². The number of nitro groups is 1. The summed E-state index contributed by atoms with van der Waals surface area (Å²) in [6.07, 6.45) is 0.0956. The molecule has 1 aromatic rings. The fourth-order valence-electron chi connectivity index (χ4n) is 1.17. The highest BCUT2D eigenvalue weighted by Gasteiger charge is 2.19. The molecule has 0 saturated heterocycles. The second-order valence-corrected chi connectivity index (χ2v) is 4.58. The van der Waals surface area contributed by atoms with Gasteiger partial charge in [-0.25, -0.2) is 0 Å². The van der Waals surface area contributed by atoms with E-state index >= 15 is 0 Å². The molecule has 0 bridgehead atoms. The van der Waals surface area contributed by atoms with Crippen molar-refractivity contribution < 1.29 is 9.72 Å². The van der Waals surface area contributed by atoms with Crippen molar-refractivity contribution in [3.05, 3.63) is 37.4 Å². The average Bonchev–Trinajstić information content (AvgIpc) is 2.17. The van der Waals surface area contributed by atoms with Crippen LogP contribution in [0.4, 0.5) is 5.69 Å². The van der Waals surface area contributed by atoms with E-state index in [2.05, 4.69) is 15.9 Å². The summed E-state index contributed by atoms with van der Waals surface area (Å²) in [6, 6.07) is 4.98. The van der Waals surface area contributed by atoms with E-state index in [1.807, 2.05) is 22.6 Å². The smallest absolute Gasteiger partial charge is 0.286 e. The molecule has 0 N–H and O–H groups in total. The van der Waals surface area contributed by atoms with E-state index in [0.29, 0.717) is 9.13 Å². The molecular weight excluding hydrogens is 377 g/mol. The van der Waals surface area contributed by atoms with Crippen LogP contribution in [-0.4, -0.2) is 16.0 Å². The standard InChI is InChI=1S/C9H7BrINO3/c10-5-7(13)4-6-2-1-3-8(11)9(6)12(14)15/h1-3H,4-5H2. The summed E-state index contributed by atoms with van der Waals surface area (Å²) >= 11 is 4.93. The largest absolute Gasteiger partial charge is 0.298 e. The zero-order valence-corrected chi connectivity index (χ0v) is 11.3. The molecule has 0 aliphatic rings. The highest BCUT2D eigenvalue weighted by Crippen LogP contribution is 2.25. The van der Waals surface area contributed by atoms with Crippen LogP contribution in [-0.2, 0) is 11.2 Å². The van der Waals surface area contributed by atoms with Crippen molar-refractivity contribution in [1.29, 1.82) is 0 Å². The minimum atomic E-state index is -0.446.